The first-order valence-electron chi connectivity index (χ1n) is 10.4. The number of aliphatic hydroxyl groups is 1. The number of carbonyl (C=O) groups is 1. The molecule has 0 saturated carbocycles. The Morgan fingerprint density at radius 2 is 2.31 bits per heavy atom. The van der Waals surface area contributed by atoms with Gasteiger partial charge in [-0.2, -0.15) is 0 Å². The topological polar surface area (TPSA) is 87.0 Å². The van der Waals surface area contributed by atoms with Crippen molar-refractivity contribution in [2.75, 3.05) is 32.8 Å². The number of nitrogens with one attached hydrogen (secondary N) is 1. The summed E-state index contributed by atoms with van der Waals surface area (Å²) in [6.45, 7) is 3.97. The van der Waals surface area contributed by atoms with E-state index < -0.39 is 12.0 Å². The van der Waals surface area contributed by atoms with Crippen molar-refractivity contribution in [3.63, 3.8) is 0 Å². The highest BCUT2D eigenvalue weighted by molar-refractivity contribution is 9.10. The van der Waals surface area contributed by atoms with Crippen molar-refractivity contribution in [3.05, 3.63) is 61.9 Å². The summed E-state index contributed by atoms with van der Waals surface area (Å²) in [5.74, 6) is 0.138. The Morgan fingerprint density at radius 1 is 1.47 bits per heavy atom. The van der Waals surface area contributed by atoms with Crippen molar-refractivity contribution in [3.8, 4) is 0 Å². The van der Waals surface area contributed by atoms with E-state index in [0.717, 1.165) is 10.7 Å². The number of carbonyl (C=O) groups excluding carboxylic acids is 1. The molecule has 10 heteroatoms. The number of hydrogen-bond donors (Lipinski definition) is 2. The van der Waals surface area contributed by atoms with Crippen LogP contribution >= 0.6 is 27.3 Å². The van der Waals surface area contributed by atoms with Crippen LogP contribution in [0.25, 0.3) is 0 Å². The van der Waals surface area contributed by atoms with Gasteiger partial charge in [-0.1, -0.05) is 22.0 Å². The molecule has 170 valence electrons. The summed E-state index contributed by atoms with van der Waals surface area (Å²) >= 11 is 4.93. The minimum atomic E-state index is -0.640. The first-order chi connectivity index (χ1) is 15.5. The molecule has 7 nitrogen and oxygen atoms in total. The smallest absolute Gasteiger partial charge is 0.338 e. The number of fused-ring (bicyclic) bond motifs is 1. The zero-order chi connectivity index (χ0) is 22.7. The van der Waals surface area contributed by atoms with Crippen molar-refractivity contribution in [2.45, 2.75) is 19.4 Å². The van der Waals surface area contributed by atoms with Gasteiger partial charge in [0.25, 0.3) is 0 Å². The lowest BCUT2D eigenvalue weighted by atomic mass is 9.94. The third-order valence-electron chi connectivity index (χ3n) is 5.44. The summed E-state index contributed by atoms with van der Waals surface area (Å²) in [5.41, 5.74) is 2.03. The lowest BCUT2D eigenvalue weighted by Crippen LogP contribution is -2.36. The van der Waals surface area contributed by atoms with Crippen LogP contribution in [0.2, 0.25) is 0 Å². The Hall–Kier alpha value is -2.14. The molecular weight excluding hydrogens is 499 g/mol. The predicted molar refractivity (Wildman–Crippen MR) is 124 cm³/mol. The van der Waals surface area contributed by atoms with Gasteiger partial charge in [0.1, 0.15) is 11.9 Å². The molecule has 2 aliphatic heterocycles. The maximum Gasteiger partial charge on any atom is 0.338 e. The number of nitrogens with zero attached hydrogens (tertiary/aromatic N) is 3. The van der Waals surface area contributed by atoms with Crippen molar-refractivity contribution in [1.82, 2.24) is 15.2 Å². The minimum absolute atomic E-state index is 0.0691. The first kappa shape index (κ1) is 23.0. The van der Waals surface area contributed by atoms with E-state index in [1.165, 1.54) is 23.5 Å². The summed E-state index contributed by atoms with van der Waals surface area (Å²) in [7, 11) is 0. The predicted octanol–water partition coefficient (Wildman–Crippen LogP) is 3.27. The molecule has 0 aliphatic carbocycles. The van der Waals surface area contributed by atoms with Gasteiger partial charge in [-0.05, 0) is 37.0 Å². The van der Waals surface area contributed by atoms with Gasteiger partial charge in [0.2, 0.25) is 0 Å². The molecule has 0 radical (unpaired) electrons. The van der Waals surface area contributed by atoms with E-state index in [0.29, 0.717) is 47.5 Å². The number of benzene rings is 1. The van der Waals surface area contributed by atoms with Crippen molar-refractivity contribution in [2.24, 2.45) is 10.9 Å². The third kappa shape index (κ3) is 4.63. The van der Waals surface area contributed by atoms with Gasteiger partial charge in [-0.3, -0.25) is 4.99 Å². The monoisotopic (exact) mass is 522 g/mol. The highest BCUT2D eigenvalue weighted by Crippen LogP contribution is 2.43. The number of aliphatic imine (C=N–C) groups is 1. The molecule has 1 aromatic heterocycles. The number of allylic oxidation sites excluding steroid dienone is 1. The van der Waals surface area contributed by atoms with Gasteiger partial charge < -0.3 is 20.1 Å². The number of hydrogen-bond acceptors (Lipinski definition) is 8. The normalized spacial score (nSPS) is 20.4. The molecule has 2 aliphatic rings. The van der Waals surface area contributed by atoms with Gasteiger partial charge in [-0.25, -0.2) is 14.2 Å². The molecule has 0 amide bonds. The average molecular weight is 523 g/mol. The number of ether oxygens (including phenoxy) is 1. The minimum Gasteiger partial charge on any atom is -0.463 e. The standard InChI is InChI=1S/C22H24BrFN4O3S/c1-2-31-22(30)18-17-9-13(11-25-5-7-29)12-28(17)20(21-26-6-8-32-21)27-19(18)15-4-3-14(24)10-16(15)23/h3-4,6,8,10,13,19,25,29H,2,5,7,9,11-12H2,1H3/t13-,19-/m0/s1. The second kappa shape index (κ2) is 10.2. The lowest BCUT2D eigenvalue weighted by Gasteiger charge is -2.32. The number of halogens is 2. The van der Waals surface area contributed by atoms with Crippen LogP contribution in [0, 0.1) is 11.7 Å². The fraction of sp³-hybridized carbons (Fsp3) is 0.409. The van der Waals surface area contributed by atoms with E-state index in [4.69, 9.17) is 14.8 Å². The van der Waals surface area contributed by atoms with Crippen LogP contribution in [0.1, 0.15) is 30.0 Å². The first-order valence-corrected chi connectivity index (χ1v) is 12.1. The van der Waals surface area contributed by atoms with E-state index in [1.54, 1.807) is 19.2 Å². The van der Waals surface area contributed by atoms with Gasteiger partial charge in [0, 0.05) is 41.4 Å². The van der Waals surface area contributed by atoms with E-state index in [9.17, 15) is 9.18 Å². The van der Waals surface area contributed by atoms with Crippen molar-refractivity contribution < 1.29 is 19.0 Å². The van der Waals surface area contributed by atoms with Crippen molar-refractivity contribution in [1.29, 1.82) is 0 Å². The molecule has 2 N–H and O–H groups in total. The van der Waals surface area contributed by atoms with Gasteiger partial charge in [0.15, 0.2) is 10.8 Å². The third-order valence-corrected chi connectivity index (χ3v) is 6.89. The maximum atomic E-state index is 13.8. The highest BCUT2D eigenvalue weighted by atomic mass is 79.9. The van der Waals surface area contributed by atoms with Crippen LogP contribution in [-0.4, -0.2) is 59.6 Å². The molecule has 4 rings (SSSR count). The number of aliphatic hydroxyl groups excluding tert-OH is 1. The molecule has 2 aromatic rings. The fourth-order valence-corrected chi connectivity index (χ4v) is 5.32. The van der Waals surface area contributed by atoms with E-state index in [-0.39, 0.29) is 24.9 Å². The fourth-order valence-electron chi connectivity index (χ4n) is 4.11. The molecule has 32 heavy (non-hydrogen) atoms. The van der Waals surface area contributed by atoms with E-state index >= 15 is 0 Å². The number of amidine groups is 1. The summed E-state index contributed by atoms with van der Waals surface area (Å²) in [6, 6.07) is 3.76. The van der Waals surface area contributed by atoms with Gasteiger partial charge >= 0.3 is 5.97 Å². The Kier molecular flexibility index (Phi) is 7.34. The molecular formula is C22H24BrFN4O3S. The van der Waals surface area contributed by atoms with Crippen LogP contribution in [0.4, 0.5) is 4.39 Å². The zero-order valence-electron chi connectivity index (χ0n) is 17.6. The summed E-state index contributed by atoms with van der Waals surface area (Å²) in [4.78, 5) is 24.6. The largest absolute Gasteiger partial charge is 0.463 e. The molecule has 3 heterocycles. The highest BCUT2D eigenvalue weighted by Gasteiger charge is 2.42. The Morgan fingerprint density at radius 3 is 3.00 bits per heavy atom. The molecule has 2 atom stereocenters. The number of rotatable bonds is 8. The molecule has 0 spiro atoms. The summed E-state index contributed by atoms with van der Waals surface area (Å²) in [6.07, 6.45) is 2.39. The van der Waals surface area contributed by atoms with Crippen LogP contribution in [0.5, 0.6) is 0 Å². The van der Waals surface area contributed by atoms with E-state index in [2.05, 4.69) is 31.1 Å². The lowest BCUT2D eigenvalue weighted by molar-refractivity contribution is -0.139. The second-order valence-electron chi connectivity index (χ2n) is 7.55. The number of esters is 1. The molecule has 1 aromatic carbocycles. The van der Waals surface area contributed by atoms with Gasteiger partial charge in [-0.15, -0.1) is 11.3 Å². The molecule has 0 bridgehead atoms. The molecule has 1 saturated heterocycles. The molecule has 0 unspecified atom stereocenters. The van der Waals surface area contributed by atoms with E-state index in [1.807, 2.05) is 5.38 Å². The number of aromatic nitrogens is 1. The Bertz CT molecular complexity index is 1040. The summed E-state index contributed by atoms with van der Waals surface area (Å²) < 4.78 is 19.8. The maximum absolute atomic E-state index is 13.8. The second-order valence-corrected chi connectivity index (χ2v) is 9.30. The van der Waals surface area contributed by atoms with Gasteiger partial charge in [0.05, 0.1) is 18.8 Å². The van der Waals surface area contributed by atoms with Crippen molar-refractivity contribution >= 4 is 39.1 Å². The average Bonchev–Trinajstić information content (AvgIpc) is 3.43. The molecule has 1 fully saturated rings. The Labute approximate surface area is 198 Å². The van der Waals surface area contributed by atoms with Crippen LogP contribution < -0.4 is 5.32 Å². The summed E-state index contributed by atoms with van der Waals surface area (Å²) in [5, 5.41) is 15.0. The SMILES string of the molecule is CCOC(=O)C1=C2C[C@@H](CNCCO)CN2C(c2nccs2)=N[C@H]1c1ccc(F)cc1Br. The quantitative estimate of drug-likeness (QED) is 0.408. The zero-order valence-corrected chi connectivity index (χ0v) is 20.0. The number of thiazole rings is 1. The van der Waals surface area contributed by atoms with Crippen LogP contribution in [0.15, 0.2) is 50.5 Å². The van der Waals surface area contributed by atoms with Crippen LogP contribution in [0.3, 0.4) is 0 Å². The van der Waals surface area contributed by atoms with Crippen LogP contribution in [-0.2, 0) is 9.53 Å². The Balaban J connectivity index is 1.82.